The highest BCUT2D eigenvalue weighted by Crippen LogP contribution is 2.37. The summed E-state index contributed by atoms with van der Waals surface area (Å²) in [5, 5.41) is 14.4. The fraction of sp³-hybridized carbons (Fsp3) is 0.294. The fourth-order valence-corrected chi connectivity index (χ4v) is 3.00. The van der Waals surface area contributed by atoms with Crippen molar-refractivity contribution < 1.29 is 14.4 Å². The molecule has 0 unspecified atom stereocenters. The van der Waals surface area contributed by atoms with Crippen molar-refractivity contribution in [2.24, 2.45) is 0 Å². The zero-order chi connectivity index (χ0) is 16.4. The molecule has 0 amide bonds. The molecule has 1 aliphatic heterocycles. The van der Waals surface area contributed by atoms with Crippen molar-refractivity contribution in [1.29, 1.82) is 0 Å². The van der Waals surface area contributed by atoms with Gasteiger partial charge in [0.1, 0.15) is 0 Å². The van der Waals surface area contributed by atoms with Crippen LogP contribution in [-0.4, -0.2) is 25.7 Å². The van der Waals surface area contributed by atoms with Gasteiger partial charge in [-0.05, 0) is 35.2 Å². The summed E-state index contributed by atoms with van der Waals surface area (Å²) in [6.45, 7) is 0.801. The number of nitro benzene ring substituents is 1. The van der Waals surface area contributed by atoms with E-state index in [-0.39, 0.29) is 16.7 Å². The molecule has 6 nitrogen and oxygen atoms in total. The minimum atomic E-state index is -0.373. The van der Waals surface area contributed by atoms with Crippen LogP contribution in [0.4, 0.5) is 5.69 Å². The molecule has 120 valence electrons. The molecule has 0 aromatic heterocycles. The maximum Gasteiger partial charge on any atom is 0.269 e. The molecular weight excluding hydrogens is 296 g/mol. The number of hydrogen-bond acceptors (Lipinski definition) is 5. The van der Waals surface area contributed by atoms with E-state index in [1.807, 2.05) is 18.2 Å². The zero-order valence-electron chi connectivity index (χ0n) is 13.0. The molecule has 1 atom stereocenters. The van der Waals surface area contributed by atoms with E-state index in [4.69, 9.17) is 9.47 Å². The Labute approximate surface area is 134 Å². The molecule has 0 fully saturated rings. The first kappa shape index (κ1) is 15.3. The van der Waals surface area contributed by atoms with Gasteiger partial charge in [0.05, 0.1) is 25.2 Å². The van der Waals surface area contributed by atoms with E-state index in [0.29, 0.717) is 11.5 Å². The summed E-state index contributed by atoms with van der Waals surface area (Å²) in [5.74, 6) is 1.36. The maximum absolute atomic E-state index is 11.0. The first-order chi connectivity index (χ1) is 11.1. The number of non-ortho nitro benzene ring substituents is 1. The lowest BCUT2D eigenvalue weighted by Crippen LogP contribution is -2.30. The lowest BCUT2D eigenvalue weighted by molar-refractivity contribution is -0.384. The number of benzene rings is 2. The average Bonchev–Trinajstić information content (AvgIpc) is 2.59. The zero-order valence-corrected chi connectivity index (χ0v) is 13.0. The molecule has 0 spiro atoms. The van der Waals surface area contributed by atoms with Crippen molar-refractivity contribution in [1.82, 2.24) is 5.32 Å². The third kappa shape index (κ3) is 2.85. The number of rotatable bonds is 4. The smallest absolute Gasteiger partial charge is 0.269 e. The molecule has 1 aliphatic rings. The van der Waals surface area contributed by atoms with Crippen LogP contribution >= 0.6 is 0 Å². The minimum absolute atomic E-state index is 0.0944. The van der Waals surface area contributed by atoms with Crippen LogP contribution in [0.25, 0.3) is 0 Å². The highest BCUT2D eigenvalue weighted by Gasteiger charge is 2.25. The van der Waals surface area contributed by atoms with Gasteiger partial charge >= 0.3 is 0 Å². The van der Waals surface area contributed by atoms with E-state index in [1.54, 1.807) is 26.4 Å². The number of nitrogens with zero attached hydrogens (tertiary/aromatic N) is 1. The molecule has 0 bridgehead atoms. The Morgan fingerprint density at radius 1 is 1.17 bits per heavy atom. The number of fused-ring (bicyclic) bond motifs is 1. The number of hydrogen-bond donors (Lipinski definition) is 1. The molecule has 0 aliphatic carbocycles. The molecule has 6 heteroatoms. The first-order valence-electron chi connectivity index (χ1n) is 7.36. The van der Waals surface area contributed by atoms with Crippen molar-refractivity contribution in [2.75, 3.05) is 20.8 Å². The molecular formula is C17H18N2O4. The molecule has 1 heterocycles. The predicted molar refractivity (Wildman–Crippen MR) is 86.2 cm³/mol. The van der Waals surface area contributed by atoms with Gasteiger partial charge < -0.3 is 14.8 Å². The fourth-order valence-electron chi connectivity index (χ4n) is 3.00. The minimum Gasteiger partial charge on any atom is -0.493 e. The third-order valence-electron chi connectivity index (χ3n) is 4.11. The quantitative estimate of drug-likeness (QED) is 0.694. The van der Waals surface area contributed by atoms with Crippen LogP contribution in [0.2, 0.25) is 0 Å². The van der Waals surface area contributed by atoms with Gasteiger partial charge in [0.2, 0.25) is 0 Å². The van der Waals surface area contributed by atoms with Gasteiger partial charge in [0.25, 0.3) is 5.69 Å². The van der Waals surface area contributed by atoms with Gasteiger partial charge in [-0.1, -0.05) is 12.1 Å². The summed E-state index contributed by atoms with van der Waals surface area (Å²) in [6.07, 6.45) is 0.876. The van der Waals surface area contributed by atoms with Crippen LogP contribution in [0.1, 0.15) is 22.7 Å². The van der Waals surface area contributed by atoms with Crippen LogP contribution in [0.5, 0.6) is 11.5 Å². The summed E-state index contributed by atoms with van der Waals surface area (Å²) < 4.78 is 10.7. The van der Waals surface area contributed by atoms with Gasteiger partial charge in [0.15, 0.2) is 11.5 Å². The second kappa shape index (κ2) is 6.26. The largest absolute Gasteiger partial charge is 0.493 e. The summed E-state index contributed by atoms with van der Waals surface area (Å²) in [6, 6.07) is 10.6. The first-order valence-corrected chi connectivity index (χ1v) is 7.36. The van der Waals surface area contributed by atoms with E-state index >= 15 is 0 Å². The van der Waals surface area contributed by atoms with Gasteiger partial charge in [0, 0.05) is 18.7 Å². The molecule has 2 aromatic carbocycles. The van der Waals surface area contributed by atoms with Gasteiger partial charge in [-0.15, -0.1) is 0 Å². The Kier molecular flexibility index (Phi) is 4.16. The van der Waals surface area contributed by atoms with Crippen LogP contribution in [0, 0.1) is 10.1 Å². The maximum atomic E-state index is 11.0. The van der Waals surface area contributed by atoms with E-state index in [2.05, 4.69) is 5.32 Å². The monoisotopic (exact) mass is 314 g/mol. The lowest BCUT2D eigenvalue weighted by Gasteiger charge is -2.28. The molecule has 1 N–H and O–H groups in total. The third-order valence-corrected chi connectivity index (χ3v) is 4.11. The van der Waals surface area contributed by atoms with Crippen molar-refractivity contribution in [2.45, 2.75) is 12.5 Å². The Hall–Kier alpha value is -2.60. The number of methoxy groups -OCH3 is 2. The van der Waals surface area contributed by atoms with Crippen molar-refractivity contribution in [3.8, 4) is 11.5 Å². The molecule has 23 heavy (non-hydrogen) atoms. The van der Waals surface area contributed by atoms with Crippen LogP contribution in [-0.2, 0) is 6.42 Å². The Morgan fingerprint density at radius 3 is 2.61 bits per heavy atom. The summed E-state index contributed by atoms with van der Waals surface area (Å²) >= 11 is 0. The Morgan fingerprint density at radius 2 is 1.91 bits per heavy atom. The average molecular weight is 314 g/mol. The number of ether oxygens (including phenoxy) is 2. The molecule has 3 rings (SSSR count). The second-order valence-electron chi connectivity index (χ2n) is 5.40. The van der Waals surface area contributed by atoms with Gasteiger partial charge in [-0.25, -0.2) is 0 Å². The second-order valence-corrected chi connectivity index (χ2v) is 5.40. The number of nitro groups is 1. The molecule has 0 radical (unpaired) electrons. The molecule has 0 saturated heterocycles. The Balaban J connectivity index is 2.07. The van der Waals surface area contributed by atoms with Crippen LogP contribution in [0.3, 0.4) is 0 Å². The topological polar surface area (TPSA) is 73.6 Å². The molecule has 0 saturated carbocycles. The van der Waals surface area contributed by atoms with Gasteiger partial charge in [-0.3, -0.25) is 10.1 Å². The lowest BCUT2D eigenvalue weighted by atomic mass is 9.89. The van der Waals surface area contributed by atoms with Gasteiger partial charge in [-0.2, -0.15) is 0 Å². The highest BCUT2D eigenvalue weighted by atomic mass is 16.6. The number of nitrogens with one attached hydrogen (secondary N) is 1. The van der Waals surface area contributed by atoms with Crippen LogP contribution in [0.15, 0.2) is 36.4 Å². The van der Waals surface area contributed by atoms with E-state index in [0.717, 1.165) is 29.7 Å². The van der Waals surface area contributed by atoms with Crippen molar-refractivity contribution in [3.63, 3.8) is 0 Å². The highest BCUT2D eigenvalue weighted by molar-refractivity contribution is 5.52. The summed E-state index contributed by atoms with van der Waals surface area (Å²) in [5.41, 5.74) is 3.19. The predicted octanol–water partition coefficient (Wildman–Crippen LogP) is 2.85. The Bertz CT molecular complexity index is 745. The van der Waals surface area contributed by atoms with E-state index < -0.39 is 0 Å². The van der Waals surface area contributed by atoms with E-state index in [1.165, 1.54) is 6.07 Å². The summed E-state index contributed by atoms with van der Waals surface area (Å²) in [4.78, 5) is 10.6. The standard InChI is InChI=1S/C17H18N2O4/c1-22-15-9-11-6-7-18-17(14(11)10-16(15)23-2)12-4-3-5-13(8-12)19(20)21/h3-5,8-10,17-18H,6-7H2,1-2H3/t17-/m0/s1. The SMILES string of the molecule is COc1cc2c(cc1OC)[C@H](c1cccc([N+](=O)[O-])c1)NCC2. The van der Waals surface area contributed by atoms with Crippen molar-refractivity contribution >= 4 is 5.69 Å². The van der Waals surface area contributed by atoms with Crippen molar-refractivity contribution in [3.05, 3.63) is 63.2 Å². The van der Waals surface area contributed by atoms with Crippen LogP contribution < -0.4 is 14.8 Å². The summed E-state index contributed by atoms with van der Waals surface area (Å²) in [7, 11) is 3.21. The molecule has 2 aromatic rings. The normalized spacial score (nSPS) is 16.5. The van der Waals surface area contributed by atoms with E-state index in [9.17, 15) is 10.1 Å².